The molecule has 0 bridgehead atoms. The van der Waals surface area contributed by atoms with Gasteiger partial charge in [0.15, 0.2) is 0 Å². The Morgan fingerprint density at radius 2 is 2.06 bits per heavy atom. The smallest absolute Gasteiger partial charge is 0.123 e. The first kappa shape index (κ1) is 13.5. The van der Waals surface area contributed by atoms with E-state index in [-0.39, 0.29) is 18.3 Å². The van der Waals surface area contributed by atoms with E-state index in [2.05, 4.69) is 0 Å². The second-order valence-corrected chi connectivity index (χ2v) is 5.02. The van der Waals surface area contributed by atoms with Crippen LogP contribution in [0.4, 0.5) is 4.39 Å². The Morgan fingerprint density at radius 1 is 1.38 bits per heavy atom. The molecule has 2 nitrogen and oxygen atoms in total. The molecule has 2 unspecified atom stereocenters. The topological polar surface area (TPSA) is 40.5 Å². The maximum atomic E-state index is 13.0. The van der Waals surface area contributed by atoms with Crippen molar-refractivity contribution in [2.24, 2.45) is 5.92 Å². The lowest BCUT2D eigenvalue weighted by atomic mass is 10.1. The van der Waals surface area contributed by atoms with Gasteiger partial charge >= 0.3 is 0 Å². The quantitative estimate of drug-likeness (QED) is 0.782. The van der Waals surface area contributed by atoms with E-state index in [4.69, 9.17) is 5.11 Å². The van der Waals surface area contributed by atoms with Gasteiger partial charge in [0.1, 0.15) is 5.82 Å². The molecule has 2 atom stereocenters. The predicted molar refractivity (Wildman–Crippen MR) is 64.0 cm³/mol. The number of thioether (sulfide) groups is 1. The molecular weight excluding hydrogens is 227 g/mol. The van der Waals surface area contributed by atoms with E-state index in [1.807, 2.05) is 6.92 Å². The molecule has 0 fully saturated rings. The highest BCUT2D eigenvalue weighted by molar-refractivity contribution is 7.99. The van der Waals surface area contributed by atoms with E-state index in [0.717, 1.165) is 10.6 Å². The van der Waals surface area contributed by atoms with E-state index >= 15 is 0 Å². The Kier molecular flexibility index (Phi) is 5.25. The van der Waals surface area contributed by atoms with Crippen molar-refractivity contribution in [3.05, 3.63) is 29.6 Å². The number of rotatable bonds is 5. The molecule has 16 heavy (non-hydrogen) atoms. The summed E-state index contributed by atoms with van der Waals surface area (Å²) < 4.78 is 13.0. The summed E-state index contributed by atoms with van der Waals surface area (Å²) in [6.45, 7) is 3.70. The largest absolute Gasteiger partial charge is 0.396 e. The minimum absolute atomic E-state index is 0.137. The van der Waals surface area contributed by atoms with Gasteiger partial charge in [0.25, 0.3) is 0 Å². The third kappa shape index (κ3) is 3.77. The van der Waals surface area contributed by atoms with E-state index in [9.17, 15) is 9.50 Å². The molecule has 1 rings (SSSR count). The van der Waals surface area contributed by atoms with Crippen molar-refractivity contribution in [1.29, 1.82) is 0 Å². The average molecular weight is 244 g/mol. The van der Waals surface area contributed by atoms with Crippen molar-refractivity contribution in [3.63, 3.8) is 0 Å². The zero-order chi connectivity index (χ0) is 12.1. The molecule has 0 saturated heterocycles. The highest BCUT2D eigenvalue weighted by Gasteiger charge is 2.11. The van der Waals surface area contributed by atoms with Crippen molar-refractivity contribution < 1.29 is 14.6 Å². The van der Waals surface area contributed by atoms with Crippen molar-refractivity contribution >= 4 is 11.8 Å². The highest BCUT2D eigenvalue weighted by atomic mass is 32.2. The maximum Gasteiger partial charge on any atom is 0.123 e. The Morgan fingerprint density at radius 3 is 2.62 bits per heavy atom. The molecule has 0 heterocycles. The third-order valence-electron chi connectivity index (χ3n) is 2.26. The number of benzene rings is 1. The summed E-state index contributed by atoms with van der Waals surface area (Å²) in [6.07, 6.45) is -0.678. The molecule has 0 amide bonds. The summed E-state index contributed by atoms with van der Waals surface area (Å²) in [5.74, 6) is 0.606. The van der Waals surface area contributed by atoms with Gasteiger partial charge in [-0.2, -0.15) is 0 Å². The van der Waals surface area contributed by atoms with E-state index in [1.165, 1.54) is 23.9 Å². The zero-order valence-electron chi connectivity index (χ0n) is 9.48. The van der Waals surface area contributed by atoms with Crippen LogP contribution in [0.2, 0.25) is 0 Å². The predicted octanol–water partition coefficient (Wildman–Crippen LogP) is 2.60. The summed E-state index contributed by atoms with van der Waals surface area (Å²) in [5.41, 5.74) is 0.607. The van der Waals surface area contributed by atoms with E-state index < -0.39 is 6.10 Å². The molecule has 0 aliphatic heterocycles. The van der Waals surface area contributed by atoms with E-state index in [0.29, 0.717) is 5.56 Å². The lowest BCUT2D eigenvalue weighted by Gasteiger charge is -2.13. The van der Waals surface area contributed by atoms with Crippen LogP contribution in [-0.2, 0) is 0 Å². The summed E-state index contributed by atoms with van der Waals surface area (Å²) >= 11 is 1.53. The first-order valence-corrected chi connectivity index (χ1v) is 6.24. The molecular formula is C12H17FO2S. The first-order valence-electron chi connectivity index (χ1n) is 5.25. The van der Waals surface area contributed by atoms with E-state index in [1.54, 1.807) is 13.0 Å². The molecule has 0 aliphatic rings. The van der Waals surface area contributed by atoms with Crippen molar-refractivity contribution in [1.82, 2.24) is 0 Å². The lowest BCUT2D eigenvalue weighted by Crippen LogP contribution is -2.04. The second-order valence-electron chi connectivity index (χ2n) is 3.96. The van der Waals surface area contributed by atoms with Crippen LogP contribution in [0.1, 0.15) is 25.5 Å². The zero-order valence-corrected chi connectivity index (χ0v) is 10.3. The summed E-state index contributed by atoms with van der Waals surface area (Å²) in [4.78, 5) is 0.872. The molecule has 0 radical (unpaired) electrons. The molecule has 0 saturated carbocycles. The molecule has 1 aromatic carbocycles. The molecule has 4 heteroatoms. The molecule has 0 aromatic heterocycles. The summed E-state index contributed by atoms with van der Waals surface area (Å²) in [6, 6.07) is 4.42. The van der Waals surface area contributed by atoms with Crippen LogP contribution in [-0.4, -0.2) is 22.6 Å². The van der Waals surface area contributed by atoms with Crippen molar-refractivity contribution in [3.8, 4) is 0 Å². The molecule has 90 valence electrons. The van der Waals surface area contributed by atoms with Crippen LogP contribution in [0.25, 0.3) is 0 Å². The Hall–Kier alpha value is -0.580. The SMILES string of the molecule is CC(CO)CSc1ccc(F)cc1C(C)O. The number of hydrogen-bond donors (Lipinski definition) is 2. The fraction of sp³-hybridized carbons (Fsp3) is 0.500. The van der Waals surface area contributed by atoms with Gasteiger partial charge < -0.3 is 10.2 Å². The van der Waals surface area contributed by atoms with Gasteiger partial charge in [-0.15, -0.1) is 11.8 Å². The number of halogens is 1. The normalized spacial score (nSPS) is 14.8. The lowest BCUT2D eigenvalue weighted by molar-refractivity contribution is 0.196. The molecule has 1 aromatic rings. The summed E-state index contributed by atoms with van der Waals surface area (Å²) in [5, 5.41) is 18.4. The monoisotopic (exact) mass is 244 g/mol. The third-order valence-corrected chi connectivity index (χ3v) is 3.68. The number of aliphatic hydroxyl groups is 2. The maximum absolute atomic E-state index is 13.0. The van der Waals surface area contributed by atoms with Gasteiger partial charge in [-0.25, -0.2) is 4.39 Å². The standard InChI is InChI=1S/C12H17FO2S/c1-8(6-14)7-16-12-4-3-10(13)5-11(12)9(2)15/h3-5,8-9,14-15H,6-7H2,1-2H3. The number of aliphatic hydroxyl groups excluding tert-OH is 2. The Bertz CT molecular complexity index is 342. The fourth-order valence-corrected chi connectivity index (χ4v) is 2.39. The van der Waals surface area contributed by atoms with Crippen LogP contribution in [0.3, 0.4) is 0 Å². The van der Waals surface area contributed by atoms with Gasteiger partial charge in [0.05, 0.1) is 6.10 Å². The fourth-order valence-electron chi connectivity index (χ4n) is 1.26. The van der Waals surface area contributed by atoms with Gasteiger partial charge in [-0.1, -0.05) is 6.92 Å². The minimum atomic E-state index is -0.678. The van der Waals surface area contributed by atoms with Crippen LogP contribution >= 0.6 is 11.8 Å². The summed E-state index contributed by atoms with van der Waals surface area (Å²) in [7, 11) is 0. The van der Waals surface area contributed by atoms with Crippen LogP contribution in [0.5, 0.6) is 0 Å². The Balaban J connectivity index is 2.78. The Labute approximate surface area is 99.5 Å². The van der Waals surface area contributed by atoms with Crippen LogP contribution < -0.4 is 0 Å². The van der Waals surface area contributed by atoms with Crippen LogP contribution in [0.15, 0.2) is 23.1 Å². The average Bonchev–Trinajstić information content (AvgIpc) is 2.26. The first-order chi connectivity index (χ1) is 7.54. The van der Waals surface area contributed by atoms with Gasteiger partial charge in [0, 0.05) is 17.3 Å². The van der Waals surface area contributed by atoms with Gasteiger partial charge in [-0.3, -0.25) is 0 Å². The van der Waals surface area contributed by atoms with Crippen LogP contribution in [0, 0.1) is 11.7 Å². The van der Waals surface area contributed by atoms with Crippen molar-refractivity contribution in [2.45, 2.75) is 24.8 Å². The number of hydrogen-bond acceptors (Lipinski definition) is 3. The highest BCUT2D eigenvalue weighted by Crippen LogP contribution is 2.29. The van der Waals surface area contributed by atoms with Gasteiger partial charge in [0.2, 0.25) is 0 Å². The van der Waals surface area contributed by atoms with Gasteiger partial charge in [-0.05, 0) is 36.6 Å². The second kappa shape index (κ2) is 6.23. The van der Waals surface area contributed by atoms with Crippen molar-refractivity contribution in [2.75, 3.05) is 12.4 Å². The molecule has 0 spiro atoms. The molecule has 0 aliphatic carbocycles. The minimum Gasteiger partial charge on any atom is -0.396 e. The molecule has 2 N–H and O–H groups in total.